The molecule has 1 aromatic carbocycles. The Morgan fingerprint density at radius 1 is 1.42 bits per heavy atom. The van der Waals surface area contributed by atoms with E-state index in [-0.39, 0.29) is 6.04 Å². The Morgan fingerprint density at radius 2 is 2.05 bits per heavy atom. The summed E-state index contributed by atoms with van der Waals surface area (Å²) in [5, 5.41) is 6.32. The lowest BCUT2D eigenvalue weighted by Gasteiger charge is -2.34. The topological polar surface area (TPSA) is 76.4 Å². The molecule has 5 nitrogen and oxygen atoms in total. The molecular weight excluding hydrogens is 262 g/mol. The predicted octanol–water partition coefficient (Wildman–Crippen LogP) is 0.829. The smallest absolute Gasteiger partial charge is 0.228 e. The normalized spacial score (nSPS) is 22.4. The van der Waals surface area contributed by atoms with Crippen molar-refractivity contribution in [3.63, 3.8) is 0 Å². The fraction of sp³-hybridized carbons (Fsp3) is 0.231. The lowest BCUT2D eigenvalue weighted by Crippen LogP contribution is -2.52. The van der Waals surface area contributed by atoms with Crippen LogP contribution >= 0.6 is 12.2 Å². The standard InChI is InChI=1S/C13H15N3O2S/c1-7-10(12(14)17)11(16-13(19)15-7)8-3-5-9(18-2)6-4-8/h3-6,10-11H,1H2,2H3,(H2,14,17)(H2,15,16,19). The zero-order valence-electron chi connectivity index (χ0n) is 10.5. The minimum absolute atomic E-state index is 0.315. The molecule has 6 heteroatoms. The summed E-state index contributed by atoms with van der Waals surface area (Å²) in [6.07, 6.45) is 0. The molecule has 0 aromatic heterocycles. The van der Waals surface area contributed by atoms with Gasteiger partial charge in [-0.1, -0.05) is 18.7 Å². The van der Waals surface area contributed by atoms with Crippen molar-refractivity contribution in [3.8, 4) is 5.75 Å². The van der Waals surface area contributed by atoms with Crippen LogP contribution in [-0.2, 0) is 4.79 Å². The Labute approximate surface area is 116 Å². The number of amides is 1. The number of benzene rings is 1. The molecule has 1 amide bonds. The number of rotatable bonds is 3. The second kappa shape index (κ2) is 5.27. The van der Waals surface area contributed by atoms with Gasteiger partial charge in [0, 0.05) is 5.70 Å². The number of nitrogens with one attached hydrogen (secondary N) is 2. The molecule has 0 radical (unpaired) electrons. The molecule has 19 heavy (non-hydrogen) atoms. The van der Waals surface area contributed by atoms with Gasteiger partial charge in [0.1, 0.15) is 11.7 Å². The van der Waals surface area contributed by atoms with E-state index in [4.69, 9.17) is 22.7 Å². The minimum Gasteiger partial charge on any atom is -0.497 e. The zero-order chi connectivity index (χ0) is 14.0. The number of nitrogens with two attached hydrogens (primary N) is 1. The number of thiocarbonyl (C=S) groups is 1. The van der Waals surface area contributed by atoms with Crippen molar-refractivity contribution in [3.05, 3.63) is 42.1 Å². The fourth-order valence-corrected chi connectivity index (χ4v) is 2.37. The molecule has 1 saturated heterocycles. The predicted molar refractivity (Wildman–Crippen MR) is 76.4 cm³/mol. The van der Waals surface area contributed by atoms with Gasteiger partial charge in [-0.3, -0.25) is 4.79 Å². The van der Waals surface area contributed by atoms with Crippen molar-refractivity contribution in [2.24, 2.45) is 11.7 Å². The summed E-state index contributed by atoms with van der Waals surface area (Å²) in [6.45, 7) is 3.81. The maximum absolute atomic E-state index is 11.6. The van der Waals surface area contributed by atoms with Crippen LogP contribution in [0.1, 0.15) is 11.6 Å². The van der Waals surface area contributed by atoms with Gasteiger partial charge in [-0.05, 0) is 29.9 Å². The van der Waals surface area contributed by atoms with Crippen LogP contribution in [0.4, 0.5) is 0 Å². The molecule has 1 aromatic rings. The lowest BCUT2D eigenvalue weighted by molar-refractivity contribution is -0.121. The molecular formula is C13H15N3O2S. The van der Waals surface area contributed by atoms with Gasteiger partial charge in [0.2, 0.25) is 5.91 Å². The Kier molecular flexibility index (Phi) is 3.71. The van der Waals surface area contributed by atoms with Gasteiger partial charge < -0.3 is 21.1 Å². The van der Waals surface area contributed by atoms with Gasteiger partial charge in [0.15, 0.2) is 5.11 Å². The first-order valence-electron chi connectivity index (χ1n) is 5.72. The van der Waals surface area contributed by atoms with Crippen LogP contribution in [0, 0.1) is 5.92 Å². The third-order valence-corrected chi connectivity index (χ3v) is 3.27. The second-order valence-electron chi connectivity index (χ2n) is 4.25. The van der Waals surface area contributed by atoms with E-state index in [0.29, 0.717) is 10.8 Å². The second-order valence-corrected chi connectivity index (χ2v) is 4.66. The van der Waals surface area contributed by atoms with Crippen LogP contribution in [0.2, 0.25) is 0 Å². The molecule has 2 unspecified atom stereocenters. The van der Waals surface area contributed by atoms with E-state index in [1.807, 2.05) is 24.3 Å². The van der Waals surface area contributed by atoms with Crippen molar-refractivity contribution < 1.29 is 9.53 Å². The lowest BCUT2D eigenvalue weighted by atomic mass is 9.88. The van der Waals surface area contributed by atoms with Crippen molar-refractivity contribution in [2.75, 3.05) is 7.11 Å². The highest BCUT2D eigenvalue weighted by molar-refractivity contribution is 7.80. The molecule has 4 N–H and O–H groups in total. The van der Waals surface area contributed by atoms with E-state index in [1.54, 1.807) is 7.11 Å². The van der Waals surface area contributed by atoms with Gasteiger partial charge in [0.25, 0.3) is 0 Å². The van der Waals surface area contributed by atoms with Crippen LogP contribution in [0.3, 0.4) is 0 Å². The first kappa shape index (κ1) is 13.4. The Balaban J connectivity index is 2.34. The fourth-order valence-electron chi connectivity index (χ4n) is 2.11. The van der Waals surface area contributed by atoms with Crippen molar-refractivity contribution >= 4 is 23.2 Å². The Morgan fingerprint density at radius 3 is 2.58 bits per heavy atom. The number of methoxy groups -OCH3 is 1. The van der Waals surface area contributed by atoms with E-state index in [9.17, 15) is 4.79 Å². The average molecular weight is 277 g/mol. The van der Waals surface area contributed by atoms with Crippen LogP contribution in [0.25, 0.3) is 0 Å². The molecule has 1 aliphatic rings. The SMILES string of the molecule is C=C1NC(=S)NC(c2ccc(OC)cc2)C1C(N)=O. The quantitative estimate of drug-likeness (QED) is 0.713. The molecule has 2 atom stereocenters. The summed E-state index contributed by atoms with van der Waals surface area (Å²) in [4.78, 5) is 11.6. The first-order chi connectivity index (χ1) is 9.02. The monoisotopic (exact) mass is 277 g/mol. The van der Waals surface area contributed by atoms with Gasteiger partial charge in [0.05, 0.1) is 13.2 Å². The maximum atomic E-state index is 11.6. The van der Waals surface area contributed by atoms with Gasteiger partial charge >= 0.3 is 0 Å². The third-order valence-electron chi connectivity index (χ3n) is 3.05. The molecule has 0 aliphatic carbocycles. The highest BCUT2D eigenvalue weighted by Crippen LogP contribution is 2.29. The van der Waals surface area contributed by atoms with Crippen molar-refractivity contribution in [2.45, 2.75) is 6.04 Å². The Bertz CT molecular complexity index is 527. The number of carbonyl (C=O) groups is 1. The van der Waals surface area contributed by atoms with Gasteiger partial charge in [-0.15, -0.1) is 0 Å². The Hall–Kier alpha value is -2.08. The molecule has 1 aliphatic heterocycles. The summed E-state index contributed by atoms with van der Waals surface area (Å²) in [6, 6.07) is 7.07. The third kappa shape index (κ3) is 2.68. The maximum Gasteiger partial charge on any atom is 0.228 e. The highest BCUT2D eigenvalue weighted by Gasteiger charge is 2.35. The summed E-state index contributed by atoms with van der Waals surface area (Å²) < 4.78 is 5.11. The van der Waals surface area contributed by atoms with E-state index < -0.39 is 11.8 Å². The number of primary amides is 1. The van der Waals surface area contributed by atoms with Gasteiger partial charge in [-0.25, -0.2) is 0 Å². The van der Waals surface area contributed by atoms with Crippen LogP contribution in [-0.4, -0.2) is 18.1 Å². The summed E-state index contributed by atoms with van der Waals surface area (Å²) in [7, 11) is 1.60. The molecule has 100 valence electrons. The van der Waals surface area contributed by atoms with E-state index in [1.165, 1.54) is 0 Å². The van der Waals surface area contributed by atoms with Gasteiger partial charge in [-0.2, -0.15) is 0 Å². The molecule has 0 spiro atoms. The van der Waals surface area contributed by atoms with Crippen LogP contribution in [0.5, 0.6) is 5.75 Å². The molecule has 0 bridgehead atoms. The van der Waals surface area contributed by atoms with Crippen LogP contribution < -0.4 is 21.1 Å². The summed E-state index contributed by atoms with van der Waals surface area (Å²) in [5.74, 6) is -0.261. The molecule has 1 fully saturated rings. The number of carbonyl (C=O) groups excluding carboxylic acids is 1. The minimum atomic E-state index is -0.555. The zero-order valence-corrected chi connectivity index (χ0v) is 11.3. The van der Waals surface area contributed by atoms with Crippen molar-refractivity contribution in [1.29, 1.82) is 0 Å². The first-order valence-corrected chi connectivity index (χ1v) is 6.13. The molecule has 0 saturated carbocycles. The highest BCUT2D eigenvalue weighted by atomic mass is 32.1. The summed E-state index contributed by atoms with van der Waals surface area (Å²) in [5.41, 5.74) is 6.85. The number of ether oxygens (including phenoxy) is 1. The number of hydrogen-bond donors (Lipinski definition) is 3. The number of hydrogen-bond acceptors (Lipinski definition) is 3. The average Bonchev–Trinajstić information content (AvgIpc) is 2.37. The molecule has 1 heterocycles. The van der Waals surface area contributed by atoms with E-state index in [2.05, 4.69) is 17.2 Å². The van der Waals surface area contributed by atoms with Crippen LogP contribution in [0.15, 0.2) is 36.5 Å². The summed E-state index contributed by atoms with van der Waals surface area (Å²) >= 11 is 5.09. The van der Waals surface area contributed by atoms with Crippen molar-refractivity contribution in [1.82, 2.24) is 10.6 Å². The largest absolute Gasteiger partial charge is 0.497 e. The molecule has 2 rings (SSSR count). The van der Waals surface area contributed by atoms with E-state index in [0.717, 1.165) is 11.3 Å². The van der Waals surface area contributed by atoms with E-state index >= 15 is 0 Å².